The van der Waals surface area contributed by atoms with Gasteiger partial charge in [-0.3, -0.25) is 5.10 Å². The molecule has 3 atom stereocenters. The summed E-state index contributed by atoms with van der Waals surface area (Å²) in [4.78, 5) is 0. The first-order valence-electron chi connectivity index (χ1n) is 8.85. The Bertz CT molecular complexity index is 730. The van der Waals surface area contributed by atoms with Gasteiger partial charge in [0.15, 0.2) is 0 Å². The molecule has 1 spiro atoms. The van der Waals surface area contributed by atoms with Crippen LogP contribution in [0.15, 0.2) is 18.3 Å². The van der Waals surface area contributed by atoms with E-state index in [0.29, 0.717) is 5.41 Å². The summed E-state index contributed by atoms with van der Waals surface area (Å²) in [6.07, 6.45) is 11.0. The molecule has 0 bridgehead atoms. The normalized spacial score (nSPS) is 36.9. The van der Waals surface area contributed by atoms with E-state index in [4.69, 9.17) is 4.74 Å². The van der Waals surface area contributed by atoms with Crippen LogP contribution in [0, 0.1) is 5.92 Å². The van der Waals surface area contributed by atoms with E-state index < -0.39 is 0 Å². The lowest BCUT2D eigenvalue weighted by Gasteiger charge is -2.46. The van der Waals surface area contributed by atoms with Gasteiger partial charge in [0.1, 0.15) is 0 Å². The van der Waals surface area contributed by atoms with Gasteiger partial charge in [0, 0.05) is 5.39 Å². The highest BCUT2D eigenvalue weighted by molar-refractivity contribution is 5.80. The molecule has 1 saturated carbocycles. The average Bonchev–Trinajstić information content (AvgIpc) is 3.16. The van der Waals surface area contributed by atoms with Gasteiger partial charge < -0.3 is 4.74 Å². The van der Waals surface area contributed by atoms with Gasteiger partial charge >= 0.3 is 0 Å². The molecule has 22 heavy (non-hydrogen) atoms. The molecule has 2 aliphatic carbocycles. The second kappa shape index (κ2) is 4.35. The van der Waals surface area contributed by atoms with E-state index in [2.05, 4.69) is 29.3 Å². The van der Waals surface area contributed by atoms with Crippen molar-refractivity contribution >= 4 is 10.9 Å². The number of hydrogen-bond donors (Lipinski definition) is 1. The topological polar surface area (TPSA) is 41.2 Å². The molecule has 0 amide bonds. The molecular formula is C19H24N2O. The fourth-order valence-corrected chi connectivity index (χ4v) is 5.40. The van der Waals surface area contributed by atoms with Crippen LogP contribution >= 0.6 is 0 Å². The molecule has 3 heteroatoms. The minimum absolute atomic E-state index is 0.271. The maximum absolute atomic E-state index is 5.85. The monoisotopic (exact) mass is 296 g/mol. The minimum atomic E-state index is 0.271. The summed E-state index contributed by atoms with van der Waals surface area (Å²) in [7, 11) is 0. The molecule has 1 aromatic carbocycles. The summed E-state index contributed by atoms with van der Waals surface area (Å²) >= 11 is 0. The van der Waals surface area contributed by atoms with Crippen molar-refractivity contribution in [2.75, 3.05) is 6.61 Å². The lowest BCUT2D eigenvalue weighted by atomic mass is 9.58. The Hall–Kier alpha value is -1.35. The summed E-state index contributed by atoms with van der Waals surface area (Å²) in [6, 6.07) is 4.82. The van der Waals surface area contributed by atoms with Crippen LogP contribution < -0.4 is 0 Å². The second-order valence-corrected chi connectivity index (χ2v) is 7.74. The number of ether oxygens (including phenoxy) is 1. The molecule has 3 unspecified atom stereocenters. The lowest BCUT2D eigenvalue weighted by molar-refractivity contribution is 0.0970. The predicted octanol–water partition coefficient (Wildman–Crippen LogP) is 4.12. The third-order valence-corrected chi connectivity index (χ3v) is 6.81. The molecule has 3 nitrogen and oxygen atoms in total. The number of aromatic amines is 1. The van der Waals surface area contributed by atoms with Crippen LogP contribution in [0.25, 0.3) is 10.9 Å². The van der Waals surface area contributed by atoms with Crippen LogP contribution in [0.1, 0.15) is 56.6 Å². The highest BCUT2D eigenvalue weighted by atomic mass is 16.6. The van der Waals surface area contributed by atoms with E-state index in [1.807, 2.05) is 6.20 Å². The number of nitrogens with one attached hydrogen (secondary N) is 1. The average molecular weight is 296 g/mol. The van der Waals surface area contributed by atoms with Crippen molar-refractivity contribution in [1.82, 2.24) is 10.2 Å². The summed E-state index contributed by atoms with van der Waals surface area (Å²) in [5, 5.41) is 8.66. The Morgan fingerprint density at radius 3 is 3.09 bits per heavy atom. The van der Waals surface area contributed by atoms with Crippen LogP contribution in [0.4, 0.5) is 0 Å². The van der Waals surface area contributed by atoms with Crippen molar-refractivity contribution < 1.29 is 4.74 Å². The predicted molar refractivity (Wildman–Crippen MR) is 87.0 cm³/mol. The standard InChI is InChI=1S/C19H24N2O/c1-2-19-7-6-18(12-22-18)10-15(19)5-3-4-13-9-17-14(8-16(13)19)11-20-21-17/h8-9,11,15H,2-7,10,12H2,1H3,(H,20,21). The first kappa shape index (κ1) is 13.1. The van der Waals surface area contributed by atoms with Crippen molar-refractivity contribution in [2.45, 2.75) is 62.9 Å². The maximum atomic E-state index is 5.85. The summed E-state index contributed by atoms with van der Waals surface area (Å²) in [6.45, 7) is 3.41. The zero-order valence-corrected chi connectivity index (χ0v) is 13.3. The van der Waals surface area contributed by atoms with Gasteiger partial charge in [-0.05, 0) is 79.5 Å². The van der Waals surface area contributed by atoms with Gasteiger partial charge in [0.05, 0.1) is 23.9 Å². The van der Waals surface area contributed by atoms with Crippen molar-refractivity contribution in [2.24, 2.45) is 5.92 Å². The quantitative estimate of drug-likeness (QED) is 0.804. The third-order valence-electron chi connectivity index (χ3n) is 6.81. The lowest BCUT2D eigenvalue weighted by Crippen LogP contribution is -2.42. The Morgan fingerprint density at radius 2 is 2.27 bits per heavy atom. The van der Waals surface area contributed by atoms with Crippen LogP contribution in [-0.2, 0) is 16.6 Å². The van der Waals surface area contributed by atoms with Gasteiger partial charge in [0.25, 0.3) is 0 Å². The highest BCUT2D eigenvalue weighted by Gasteiger charge is 2.56. The molecule has 0 radical (unpaired) electrons. The smallest absolute Gasteiger partial charge is 0.0919 e. The Balaban J connectivity index is 1.68. The Labute approximate surface area is 131 Å². The molecule has 1 aromatic heterocycles. The minimum Gasteiger partial charge on any atom is -0.370 e. The number of epoxide rings is 1. The molecule has 1 saturated heterocycles. The number of aromatic nitrogens is 2. The molecule has 5 rings (SSSR count). The zero-order valence-electron chi connectivity index (χ0n) is 13.3. The van der Waals surface area contributed by atoms with E-state index in [1.54, 1.807) is 11.1 Å². The number of H-pyrrole nitrogens is 1. The Kier molecular flexibility index (Phi) is 2.59. The van der Waals surface area contributed by atoms with Gasteiger partial charge in [-0.2, -0.15) is 5.10 Å². The molecule has 116 valence electrons. The molecule has 2 fully saturated rings. The van der Waals surface area contributed by atoms with Gasteiger partial charge in [-0.15, -0.1) is 0 Å². The van der Waals surface area contributed by atoms with E-state index in [0.717, 1.165) is 12.5 Å². The summed E-state index contributed by atoms with van der Waals surface area (Å²) < 4.78 is 5.85. The third kappa shape index (κ3) is 1.69. The molecule has 3 aliphatic rings. The molecule has 2 heterocycles. The van der Waals surface area contributed by atoms with Crippen molar-refractivity contribution in [3.8, 4) is 0 Å². The maximum Gasteiger partial charge on any atom is 0.0919 e. The highest BCUT2D eigenvalue weighted by Crippen LogP contribution is 2.57. The van der Waals surface area contributed by atoms with E-state index in [1.165, 1.54) is 55.8 Å². The van der Waals surface area contributed by atoms with Crippen LogP contribution in [0.3, 0.4) is 0 Å². The van der Waals surface area contributed by atoms with E-state index in [9.17, 15) is 0 Å². The molecule has 1 N–H and O–H groups in total. The molecule has 2 aromatic rings. The Morgan fingerprint density at radius 1 is 1.36 bits per heavy atom. The largest absolute Gasteiger partial charge is 0.370 e. The number of benzene rings is 1. The SMILES string of the molecule is CCC12CCC3(CO3)CC1CCCc1cc3[nH]ncc3cc12. The van der Waals surface area contributed by atoms with Gasteiger partial charge in [0.2, 0.25) is 0 Å². The van der Waals surface area contributed by atoms with Crippen LogP contribution in [0.2, 0.25) is 0 Å². The van der Waals surface area contributed by atoms with Crippen molar-refractivity contribution in [3.63, 3.8) is 0 Å². The summed E-state index contributed by atoms with van der Waals surface area (Å²) in [5.41, 5.74) is 5.03. The van der Waals surface area contributed by atoms with Gasteiger partial charge in [-0.1, -0.05) is 6.92 Å². The summed E-state index contributed by atoms with van der Waals surface area (Å²) in [5.74, 6) is 0.791. The van der Waals surface area contributed by atoms with E-state index >= 15 is 0 Å². The van der Waals surface area contributed by atoms with Crippen molar-refractivity contribution in [3.05, 3.63) is 29.5 Å². The number of rotatable bonds is 1. The van der Waals surface area contributed by atoms with Crippen LogP contribution in [0.5, 0.6) is 0 Å². The number of hydrogen-bond acceptors (Lipinski definition) is 2. The molecule has 1 aliphatic heterocycles. The van der Waals surface area contributed by atoms with Crippen LogP contribution in [-0.4, -0.2) is 22.4 Å². The van der Waals surface area contributed by atoms with Crippen molar-refractivity contribution in [1.29, 1.82) is 0 Å². The number of fused-ring (bicyclic) bond motifs is 4. The zero-order chi connectivity index (χ0) is 14.8. The fourth-order valence-electron chi connectivity index (χ4n) is 5.40. The number of aryl methyl sites for hydroxylation is 1. The molecular weight excluding hydrogens is 272 g/mol. The number of nitrogens with zero attached hydrogens (tertiary/aromatic N) is 1. The first-order chi connectivity index (χ1) is 10.7. The van der Waals surface area contributed by atoms with E-state index in [-0.39, 0.29) is 5.60 Å². The second-order valence-electron chi connectivity index (χ2n) is 7.74. The fraction of sp³-hybridized carbons (Fsp3) is 0.632. The van der Waals surface area contributed by atoms with Gasteiger partial charge in [-0.25, -0.2) is 0 Å². The first-order valence-corrected chi connectivity index (χ1v) is 8.85.